The van der Waals surface area contributed by atoms with Gasteiger partial charge in [0.25, 0.3) is 0 Å². The monoisotopic (exact) mass is 270 g/mol. The smallest absolute Gasteiger partial charge is 0.144 e. The average Bonchev–Trinajstić information content (AvgIpc) is 2.37. The van der Waals surface area contributed by atoms with Crippen molar-refractivity contribution >= 4 is 12.4 Å². The second kappa shape index (κ2) is 7.20. The number of halogens is 2. The lowest BCUT2D eigenvalue weighted by atomic mass is 10.1. The normalized spacial score (nSPS) is 15.6. The molecule has 1 aliphatic rings. The van der Waals surface area contributed by atoms with Crippen LogP contribution in [-0.4, -0.2) is 24.7 Å². The molecule has 0 atom stereocenters. The minimum Gasteiger partial charge on any atom is -0.477 e. The molecule has 1 aromatic rings. The summed E-state index contributed by atoms with van der Waals surface area (Å²) in [4.78, 5) is 2.18. The molecule has 98 valence electrons. The van der Waals surface area contributed by atoms with Crippen molar-refractivity contribution in [1.82, 2.24) is 4.90 Å². The van der Waals surface area contributed by atoms with Gasteiger partial charge >= 0.3 is 0 Å². The molecule has 0 aliphatic carbocycles. The molecule has 1 fully saturated rings. The maximum absolute atomic E-state index is 13.3. The van der Waals surface area contributed by atoms with Crippen LogP contribution in [0, 0.1) is 17.1 Å². The summed E-state index contributed by atoms with van der Waals surface area (Å²) >= 11 is 0. The first-order chi connectivity index (χ1) is 8.31. The first-order valence-corrected chi connectivity index (χ1v) is 5.85. The van der Waals surface area contributed by atoms with Gasteiger partial charge in [0.05, 0.1) is 0 Å². The van der Waals surface area contributed by atoms with E-state index in [2.05, 4.69) is 4.90 Å². The zero-order valence-electron chi connectivity index (χ0n) is 10.1. The van der Waals surface area contributed by atoms with E-state index in [4.69, 9.17) is 10.00 Å². The Balaban J connectivity index is 0.00000162. The van der Waals surface area contributed by atoms with Gasteiger partial charge in [-0.2, -0.15) is 5.26 Å². The molecule has 0 unspecified atom stereocenters. The topological polar surface area (TPSA) is 36.3 Å². The van der Waals surface area contributed by atoms with Gasteiger partial charge in [-0.1, -0.05) is 12.5 Å². The van der Waals surface area contributed by atoms with Crippen LogP contribution in [0.25, 0.3) is 0 Å². The van der Waals surface area contributed by atoms with E-state index in [1.54, 1.807) is 12.1 Å². The van der Waals surface area contributed by atoms with Gasteiger partial charge in [-0.3, -0.25) is 4.90 Å². The Morgan fingerprint density at radius 2 is 2.00 bits per heavy atom. The summed E-state index contributed by atoms with van der Waals surface area (Å²) in [5.74, 6) is -0.193. The van der Waals surface area contributed by atoms with Gasteiger partial charge in [0, 0.05) is 13.1 Å². The highest BCUT2D eigenvalue weighted by molar-refractivity contribution is 5.85. The highest BCUT2D eigenvalue weighted by Crippen LogP contribution is 2.21. The third kappa shape index (κ3) is 3.59. The van der Waals surface area contributed by atoms with Crippen LogP contribution in [0.15, 0.2) is 18.2 Å². The standard InChI is InChI=1S/C13H15FN2O.ClH/c14-12-5-4-6-13(11(12)9-15)17-10-16-7-2-1-3-8-16;/h4-6H,1-3,7-8,10H2;1H. The molecule has 0 amide bonds. The number of nitriles is 1. The largest absolute Gasteiger partial charge is 0.477 e. The molecule has 18 heavy (non-hydrogen) atoms. The maximum atomic E-state index is 13.3. The van der Waals surface area contributed by atoms with Crippen molar-refractivity contribution < 1.29 is 9.13 Å². The van der Waals surface area contributed by atoms with E-state index in [1.165, 1.54) is 25.3 Å². The molecule has 0 N–H and O–H groups in total. The first kappa shape index (κ1) is 14.7. The van der Waals surface area contributed by atoms with E-state index in [9.17, 15) is 4.39 Å². The van der Waals surface area contributed by atoms with E-state index < -0.39 is 5.82 Å². The Morgan fingerprint density at radius 1 is 1.28 bits per heavy atom. The zero-order valence-corrected chi connectivity index (χ0v) is 10.9. The number of likely N-dealkylation sites (tertiary alicyclic amines) is 1. The molecular weight excluding hydrogens is 255 g/mol. The lowest BCUT2D eigenvalue weighted by Gasteiger charge is -2.26. The van der Waals surface area contributed by atoms with Crippen LogP contribution in [0.4, 0.5) is 4.39 Å². The summed E-state index contributed by atoms with van der Waals surface area (Å²) in [6.45, 7) is 2.45. The number of benzene rings is 1. The van der Waals surface area contributed by atoms with Crippen molar-refractivity contribution in [2.45, 2.75) is 19.3 Å². The second-order valence-electron chi connectivity index (χ2n) is 4.18. The summed E-state index contributed by atoms with van der Waals surface area (Å²) in [5.41, 5.74) is -0.00971. The first-order valence-electron chi connectivity index (χ1n) is 5.85. The van der Waals surface area contributed by atoms with Gasteiger partial charge in [-0.05, 0) is 25.0 Å². The number of nitrogens with zero attached hydrogens (tertiary/aromatic N) is 2. The Labute approximate surface area is 113 Å². The van der Waals surface area contributed by atoms with E-state index in [0.717, 1.165) is 13.1 Å². The van der Waals surface area contributed by atoms with Gasteiger partial charge in [0.1, 0.15) is 29.9 Å². The predicted molar refractivity (Wildman–Crippen MR) is 69.3 cm³/mol. The lowest BCUT2D eigenvalue weighted by molar-refractivity contribution is 0.106. The lowest BCUT2D eigenvalue weighted by Crippen LogP contribution is -2.33. The predicted octanol–water partition coefficient (Wildman–Crippen LogP) is 2.94. The maximum Gasteiger partial charge on any atom is 0.144 e. The number of piperidine rings is 1. The van der Waals surface area contributed by atoms with Crippen LogP contribution in [0.2, 0.25) is 0 Å². The average molecular weight is 271 g/mol. The third-order valence-electron chi connectivity index (χ3n) is 2.94. The summed E-state index contributed by atoms with van der Waals surface area (Å²) < 4.78 is 18.8. The third-order valence-corrected chi connectivity index (χ3v) is 2.94. The number of rotatable bonds is 3. The van der Waals surface area contributed by atoms with Crippen LogP contribution in [0.3, 0.4) is 0 Å². The van der Waals surface area contributed by atoms with Crippen LogP contribution in [0.1, 0.15) is 24.8 Å². The van der Waals surface area contributed by atoms with Crippen molar-refractivity contribution in [2.75, 3.05) is 19.8 Å². The SMILES string of the molecule is Cl.N#Cc1c(F)cccc1OCN1CCCCC1. The van der Waals surface area contributed by atoms with Crippen molar-refractivity contribution in [3.05, 3.63) is 29.6 Å². The van der Waals surface area contributed by atoms with Crippen molar-refractivity contribution in [3.8, 4) is 11.8 Å². The number of hydrogen-bond acceptors (Lipinski definition) is 3. The zero-order chi connectivity index (χ0) is 12.1. The van der Waals surface area contributed by atoms with Gasteiger partial charge in [-0.15, -0.1) is 12.4 Å². The summed E-state index contributed by atoms with van der Waals surface area (Å²) in [6.07, 6.45) is 3.62. The highest BCUT2D eigenvalue weighted by atomic mass is 35.5. The van der Waals surface area contributed by atoms with Gasteiger partial charge in [0.2, 0.25) is 0 Å². The Kier molecular flexibility index (Phi) is 5.90. The Hall–Kier alpha value is -1.31. The fourth-order valence-corrected chi connectivity index (χ4v) is 1.98. The minimum atomic E-state index is -0.524. The molecule has 0 radical (unpaired) electrons. The van der Waals surface area contributed by atoms with Gasteiger partial charge in [0.15, 0.2) is 0 Å². The molecule has 5 heteroatoms. The second-order valence-corrected chi connectivity index (χ2v) is 4.18. The van der Waals surface area contributed by atoms with E-state index >= 15 is 0 Å². The van der Waals surface area contributed by atoms with Crippen molar-refractivity contribution in [3.63, 3.8) is 0 Å². The van der Waals surface area contributed by atoms with E-state index in [1.807, 2.05) is 6.07 Å². The fraction of sp³-hybridized carbons (Fsp3) is 0.462. The molecule has 0 aromatic heterocycles. The van der Waals surface area contributed by atoms with Crippen LogP contribution in [0.5, 0.6) is 5.75 Å². The molecule has 0 saturated carbocycles. The highest BCUT2D eigenvalue weighted by Gasteiger charge is 2.13. The van der Waals surface area contributed by atoms with Crippen LogP contribution in [-0.2, 0) is 0 Å². The number of ether oxygens (including phenoxy) is 1. The molecule has 1 aliphatic heterocycles. The van der Waals surface area contributed by atoms with Crippen LogP contribution >= 0.6 is 12.4 Å². The summed E-state index contributed by atoms with van der Waals surface area (Å²) in [6, 6.07) is 6.29. The van der Waals surface area contributed by atoms with Gasteiger partial charge in [-0.25, -0.2) is 4.39 Å². The molecule has 0 spiro atoms. The molecule has 1 saturated heterocycles. The number of hydrogen-bond donors (Lipinski definition) is 0. The fourth-order valence-electron chi connectivity index (χ4n) is 1.98. The van der Waals surface area contributed by atoms with Crippen molar-refractivity contribution in [2.24, 2.45) is 0 Å². The molecule has 1 aromatic carbocycles. The molecule has 2 rings (SSSR count). The van der Waals surface area contributed by atoms with Gasteiger partial charge < -0.3 is 4.74 Å². The van der Waals surface area contributed by atoms with Crippen LogP contribution < -0.4 is 4.74 Å². The molecule has 0 bridgehead atoms. The van der Waals surface area contributed by atoms with E-state index in [-0.39, 0.29) is 18.0 Å². The summed E-state index contributed by atoms with van der Waals surface area (Å²) in [7, 11) is 0. The quantitative estimate of drug-likeness (QED) is 0.847. The molecular formula is C13H16ClFN2O. The Bertz CT molecular complexity index is 427. The summed E-state index contributed by atoms with van der Waals surface area (Å²) in [5, 5.41) is 8.85. The minimum absolute atomic E-state index is 0. The Morgan fingerprint density at radius 3 is 2.67 bits per heavy atom. The molecule has 3 nitrogen and oxygen atoms in total. The molecule has 1 heterocycles. The van der Waals surface area contributed by atoms with Crippen molar-refractivity contribution in [1.29, 1.82) is 5.26 Å². The van der Waals surface area contributed by atoms with E-state index in [0.29, 0.717) is 12.5 Å².